The fourth-order valence-corrected chi connectivity index (χ4v) is 2.90. The average Bonchev–Trinajstić information content (AvgIpc) is 2.78. The summed E-state index contributed by atoms with van der Waals surface area (Å²) >= 11 is 0. The number of carbonyl (C=O) groups is 1. The van der Waals surface area contributed by atoms with Gasteiger partial charge in [-0.1, -0.05) is 17.4 Å². The molecular weight excluding hydrogens is 453 g/mol. The Kier molecular flexibility index (Phi) is 6.89. The fourth-order valence-electron chi connectivity index (χ4n) is 2.90. The molecule has 0 aliphatic carbocycles. The van der Waals surface area contributed by atoms with E-state index in [4.69, 9.17) is 4.74 Å². The number of halogens is 3. The predicted molar refractivity (Wildman–Crippen MR) is 119 cm³/mol. The second kappa shape index (κ2) is 9.65. The second-order valence-electron chi connectivity index (χ2n) is 7.20. The van der Waals surface area contributed by atoms with Gasteiger partial charge in [0.15, 0.2) is 5.56 Å². The number of pyridine rings is 1. The quantitative estimate of drug-likeness (QED) is 0.230. The predicted octanol–water partition coefficient (Wildman–Crippen LogP) is 4.26. The number of nitrogens with one attached hydrogen (secondary N) is 3. The molecule has 2 heterocycles. The van der Waals surface area contributed by atoms with Crippen LogP contribution in [0.5, 0.6) is 5.88 Å². The molecule has 1 aromatic carbocycles. The normalized spacial score (nSPS) is 11.0. The Labute approximate surface area is 192 Å². The van der Waals surface area contributed by atoms with Crippen molar-refractivity contribution in [2.45, 2.75) is 20.0 Å². The Morgan fingerprint density at radius 1 is 1.18 bits per heavy atom. The van der Waals surface area contributed by atoms with Gasteiger partial charge in [0, 0.05) is 17.8 Å². The van der Waals surface area contributed by atoms with E-state index in [9.17, 15) is 23.2 Å². The lowest BCUT2D eigenvalue weighted by Crippen LogP contribution is -2.36. The van der Waals surface area contributed by atoms with E-state index >= 15 is 0 Å². The maximum atomic E-state index is 13.7. The first-order valence-corrected chi connectivity index (χ1v) is 9.83. The zero-order valence-electron chi connectivity index (χ0n) is 18.5. The summed E-state index contributed by atoms with van der Waals surface area (Å²) in [5.74, 6) is -1.19. The minimum Gasteiger partial charge on any atom is -0.481 e. The van der Waals surface area contributed by atoms with Gasteiger partial charge < -0.3 is 20.6 Å². The lowest BCUT2D eigenvalue weighted by Gasteiger charge is -2.15. The van der Waals surface area contributed by atoms with Crippen molar-refractivity contribution in [1.29, 1.82) is 0 Å². The number of anilines is 5. The van der Waals surface area contributed by atoms with Gasteiger partial charge in [0.1, 0.15) is 11.9 Å². The van der Waals surface area contributed by atoms with Crippen molar-refractivity contribution in [1.82, 2.24) is 9.97 Å². The molecule has 0 radical (unpaired) electrons. The van der Waals surface area contributed by atoms with Crippen LogP contribution in [-0.2, 0) is 11.0 Å². The second-order valence-corrected chi connectivity index (χ2v) is 7.20. The summed E-state index contributed by atoms with van der Waals surface area (Å²) in [6, 6.07) is 6.24. The third-order valence-electron chi connectivity index (χ3n) is 4.65. The van der Waals surface area contributed by atoms with Crippen LogP contribution in [0.1, 0.15) is 16.7 Å². The van der Waals surface area contributed by atoms with Crippen LogP contribution in [0.25, 0.3) is 0 Å². The van der Waals surface area contributed by atoms with Gasteiger partial charge in [0.2, 0.25) is 17.6 Å². The smallest absolute Gasteiger partial charge is 0.435 e. The van der Waals surface area contributed by atoms with Gasteiger partial charge in [0.05, 0.1) is 18.5 Å². The molecule has 3 rings (SSSR count). The van der Waals surface area contributed by atoms with Gasteiger partial charge >= 0.3 is 12.1 Å². The Hall–Kier alpha value is -4.35. The molecule has 0 unspecified atom stereocenters. The van der Waals surface area contributed by atoms with Gasteiger partial charge in [-0.3, -0.25) is 4.79 Å². The van der Waals surface area contributed by atoms with Crippen molar-refractivity contribution < 1.29 is 32.6 Å². The number of aromatic nitrogens is 3. The summed E-state index contributed by atoms with van der Waals surface area (Å²) in [5, 5.41) is 18.2. The Morgan fingerprint density at radius 3 is 2.56 bits per heavy atom. The summed E-state index contributed by atoms with van der Waals surface area (Å²) in [5.41, 5.74) is 0.949. The lowest BCUT2D eigenvalue weighted by atomic mass is 10.1. The Bertz CT molecular complexity index is 1250. The van der Waals surface area contributed by atoms with Gasteiger partial charge in [-0.15, -0.1) is 0 Å². The minimum atomic E-state index is -4.84. The molecule has 178 valence electrons. The first kappa shape index (κ1) is 24.3. The van der Waals surface area contributed by atoms with Crippen LogP contribution in [0.2, 0.25) is 0 Å². The zero-order chi connectivity index (χ0) is 25.0. The highest BCUT2D eigenvalue weighted by Gasteiger charge is 2.39. The van der Waals surface area contributed by atoms with E-state index in [1.165, 1.54) is 25.4 Å². The maximum absolute atomic E-state index is 13.7. The lowest BCUT2D eigenvalue weighted by molar-refractivity contribution is -0.895. The number of amides is 1. The molecule has 0 bridgehead atoms. The van der Waals surface area contributed by atoms with Crippen molar-refractivity contribution in [2.24, 2.45) is 0 Å². The van der Waals surface area contributed by atoms with Crippen molar-refractivity contribution in [2.75, 3.05) is 23.1 Å². The van der Waals surface area contributed by atoms with E-state index < -0.39 is 23.5 Å². The molecular formula is C22H22F3N6O3+. The third-order valence-corrected chi connectivity index (χ3v) is 4.65. The summed E-state index contributed by atoms with van der Waals surface area (Å²) in [7, 11) is 1.41. The molecule has 1 amide bonds. The number of rotatable bonds is 7. The van der Waals surface area contributed by atoms with Gasteiger partial charge in [-0.25, -0.2) is 10.3 Å². The van der Waals surface area contributed by atoms with Crippen LogP contribution in [0.15, 0.2) is 49.3 Å². The van der Waals surface area contributed by atoms with E-state index in [0.717, 1.165) is 11.6 Å². The molecule has 0 fully saturated rings. The van der Waals surface area contributed by atoms with Crippen LogP contribution in [0.3, 0.4) is 0 Å². The van der Waals surface area contributed by atoms with Crippen LogP contribution in [0.4, 0.5) is 42.0 Å². The SMILES string of the molecule is C=CC(=O)Nc1cc(C)ccc1Nc1nc(Nc2cc(OC)ncc2C)[n+](O)cc1C(F)(F)F. The number of benzene rings is 1. The Balaban J connectivity index is 2.08. The highest BCUT2D eigenvalue weighted by molar-refractivity contribution is 6.01. The highest BCUT2D eigenvalue weighted by atomic mass is 19.4. The molecule has 12 heteroatoms. The van der Waals surface area contributed by atoms with Crippen molar-refractivity contribution in [3.8, 4) is 5.88 Å². The molecule has 2 aromatic heterocycles. The molecule has 4 N–H and O–H groups in total. The largest absolute Gasteiger partial charge is 0.481 e. The van der Waals surface area contributed by atoms with Crippen molar-refractivity contribution in [3.63, 3.8) is 0 Å². The highest BCUT2D eigenvalue weighted by Crippen LogP contribution is 2.36. The van der Waals surface area contributed by atoms with E-state index in [1.54, 1.807) is 26.0 Å². The van der Waals surface area contributed by atoms with Crippen LogP contribution < -0.4 is 25.4 Å². The molecule has 3 aromatic rings. The minimum absolute atomic E-state index is 0.155. The molecule has 34 heavy (non-hydrogen) atoms. The topological polar surface area (TPSA) is 112 Å². The maximum Gasteiger partial charge on any atom is 0.435 e. The van der Waals surface area contributed by atoms with Crippen LogP contribution in [-0.4, -0.2) is 28.2 Å². The standard InChI is InChI=1S/C22H21F3N6O3/c1-5-18(32)27-17-8-12(2)6-7-15(17)28-20-14(22(23,24)25)11-31(33)21(30-20)29-16-9-19(34-4)26-10-13(16)3/h5-11,33H,1H2,2-4H3,(H2,26,27,28,29,30,32)/p+1. The van der Waals surface area contributed by atoms with Crippen LogP contribution in [0, 0.1) is 13.8 Å². The summed E-state index contributed by atoms with van der Waals surface area (Å²) in [6.45, 7) is 6.84. The number of ether oxygens (including phenoxy) is 1. The molecule has 0 aliphatic rings. The first-order valence-electron chi connectivity index (χ1n) is 9.83. The number of aryl methyl sites for hydroxylation is 2. The number of hydrogen-bond acceptors (Lipinski definition) is 7. The molecule has 0 spiro atoms. The molecule has 0 aliphatic heterocycles. The Morgan fingerprint density at radius 2 is 1.91 bits per heavy atom. The first-order chi connectivity index (χ1) is 16.0. The molecule has 9 nitrogen and oxygen atoms in total. The van der Waals surface area contributed by atoms with Crippen molar-refractivity contribution >= 4 is 34.7 Å². The van der Waals surface area contributed by atoms with Gasteiger partial charge in [-0.05, 0) is 42.6 Å². The molecule has 0 saturated carbocycles. The summed E-state index contributed by atoms with van der Waals surface area (Å²) < 4.78 is 46.5. The van der Waals surface area contributed by atoms with E-state index in [0.29, 0.717) is 17.4 Å². The van der Waals surface area contributed by atoms with Crippen LogP contribution >= 0.6 is 0 Å². The average molecular weight is 475 g/mol. The fraction of sp³-hybridized carbons (Fsp3) is 0.182. The van der Waals surface area contributed by atoms with Crippen molar-refractivity contribution in [3.05, 3.63) is 66.0 Å². The monoisotopic (exact) mass is 475 g/mol. The molecule has 0 saturated heterocycles. The summed E-state index contributed by atoms with van der Waals surface area (Å²) in [6.07, 6.45) is -1.83. The number of alkyl halides is 3. The molecule has 0 atom stereocenters. The summed E-state index contributed by atoms with van der Waals surface area (Å²) in [4.78, 5) is 19.8. The number of hydrogen-bond donors (Lipinski definition) is 4. The number of methoxy groups -OCH3 is 1. The van der Waals surface area contributed by atoms with E-state index in [1.807, 2.05) is 0 Å². The van der Waals surface area contributed by atoms with Gasteiger partial charge in [-0.2, -0.15) is 13.2 Å². The number of nitrogens with zero attached hydrogens (tertiary/aromatic N) is 3. The van der Waals surface area contributed by atoms with Gasteiger partial charge in [0.25, 0.3) is 0 Å². The van der Waals surface area contributed by atoms with E-state index in [2.05, 4.69) is 32.5 Å². The third kappa shape index (κ3) is 5.52. The zero-order valence-corrected chi connectivity index (χ0v) is 18.5. The van der Waals surface area contributed by atoms with E-state index in [-0.39, 0.29) is 27.9 Å². The number of carbonyl (C=O) groups excluding carboxylic acids is 1.